The molecule has 1 aliphatic heterocycles. The number of piperazine rings is 1. The molecule has 2 rings (SSSR count). The van der Waals surface area contributed by atoms with Crippen molar-refractivity contribution in [3.05, 3.63) is 17.0 Å². The van der Waals surface area contributed by atoms with Crippen LogP contribution in [0.2, 0.25) is 0 Å². The first-order valence-corrected chi connectivity index (χ1v) is 5.12. The van der Waals surface area contributed by atoms with Gasteiger partial charge in [-0.3, -0.25) is 5.10 Å². The Morgan fingerprint density at radius 1 is 1.43 bits per heavy atom. The SMILES string of the molecule is Cc1n[nH]c(C)c1C1CN(C)CCN1. The van der Waals surface area contributed by atoms with Crippen molar-refractivity contribution in [3.63, 3.8) is 0 Å². The van der Waals surface area contributed by atoms with Gasteiger partial charge in [0, 0.05) is 36.9 Å². The predicted molar refractivity (Wildman–Crippen MR) is 56.3 cm³/mol. The van der Waals surface area contributed by atoms with E-state index >= 15 is 0 Å². The van der Waals surface area contributed by atoms with Crippen LogP contribution >= 0.6 is 0 Å². The number of aromatic amines is 1. The normalized spacial score (nSPS) is 24.1. The molecule has 0 aromatic carbocycles. The lowest BCUT2D eigenvalue weighted by Crippen LogP contribution is -2.44. The third-order valence-corrected chi connectivity index (χ3v) is 2.91. The van der Waals surface area contributed by atoms with Gasteiger partial charge in [-0.05, 0) is 20.9 Å². The first-order chi connectivity index (χ1) is 6.68. The van der Waals surface area contributed by atoms with Crippen LogP contribution < -0.4 is 5.32 Å². The fourth-order valence-corrected chi connectivity index (χ4v) is 2.16. The van der Waals surface area contributed by atoms with Gasteiger partial charge in [0.2, 0.25) is 0 Å². The molecule has 4 nitrogen and oxygen atoms in total. The minimum Gasteiger partial charge on any atom is -0.307 e. The van der Waals surface area contributed by atoms with Gasteiger partial charge in [-0.25, -0.2) is 0 Å². The molecule has 1 fully saturated rings. The molecule has 78 valence electrons. The fourth-order valence-electron chi connectivity index (χ4n) is 2.16. The molecule has 0 aliphatic carbocycles. The van der Waals surface area contributed by atoms with Crippen LogP contribution in [0.5, 0.6) is 0 Å². The summed E-state index contributed by atoms with van der Waals surface area (Å²) in [4.78, 5) is 2.35. The summed E-state index contributed by atoms with van der Waals surface area (Å²) in [6.45, 7) is 7.42. The lowest BCUT2D eigenvalue weighted by Gasteiger charge is -2.31. The second-order valence-electron chi connectivity index (χ2n) is 4.12. The van der Waals surface area contributed by atoms with Crippen molar-refractivity contribution in [2.24, 2.45) is 0 Å². The minimum atomic E-state index is 0.437. The molecule has 1 aromatic rings. The van der Waals surface area contributed by atoms with Gasteiger partial charge in [-0.15, -0.1) is 0 Å². The molecule has 0 bridgehead atoms. The summed E-state index contributed by atoms with van der Waals surface area (Å²) in [5.74, 6) is 0. The molecule has 1 unspecified atom stereocenters. The Bertz CT molecular complexity index is 298. The highest BCUT2D eigenvalue weighted by molar-refractivity contribution is 5.27. The van der Waals surface area contributed by atoms with Crippen LogP contribution in [-0.2, 0) is 0 Å². The Balaban J connectivity index is 2.21. The van der Waals surface area contributed by atoms with Gasteiger partial charge in [-0.2, -0.15) is 5.10 Å². The standard InChI is InChI=1S/C10H18N4/c1-7-10(8(2)13-12-7)9-6-14(3)5-4-11-9/h9,11H,4-6H2,1-3H3,(H,12,13). The van der Waals surface area contributed by atoms with Crippen molar-refractivity contribution >= 4 is 0 Å². The molecule has 2 heterocycles. The van der Waals surface area contributed by atoms with Crippen molar-refractivity contribution in [2.75, 3.05) is 26.7 Å². The molecular weight excluding hydrogens is 176 g/mol. The third kappa shape index (κ3) is 1.67. The summed E-state index contributed by atoms with van der Waals surface area (Å²) >= 11 is 0. The molecule has 0 radical (unpaired) electrons. The van der Waals surface area contributed by atoms with Crippen molar-refractivity contribution < 1.29 is 0 Å². The summed E-state index contributed by atoms with van der Waals surface area (Å²) in [7, 11) is 2.17. The summed E-state index contributed by atoms with van der Waals surface area (Å²) < 4.78 is 0. The van der Waals surface area contributed by atoms with Crippen LogP contribution in [-0.4, -0.2) is 41.8 Å². The number of aromatic nitrogens is 2. The number of nitrogens with one attached hydrogen (secondary N) is 2. The van der Waals surface area contributed by atoms with Gasteiger partial charge in [0.1, 0.15) is 0 Å². The zero-order chi connectivity index (χ0) is 10.1. The maximum Gasteiger partial charge on any atom is 0.0642 e. The number of H-pyrrole nitrogens is 1. The summed E-state index contributed by atoms with van der Waals surface area (Å²) in [6, 6.07) is 0.437. The highest BCUT2D eigenvalue weighted by Crippen LogP contribution is 2.21. The second kappa shape index (κ2) is 3.71. The molecule has 1 aromatic heterocycles. The molecule has 1 saturated heterocycles. The highest BCUT2D eigenvalue weighted by Gasteiger charge is 2.22. The zero-order valence-corrected chi connectivity index (χ0v) is 9.09. The van der Waals surface area contributed by atoms with E-state index in [-0.39, 0.29) is 0 Å². The van der Waals surface area contributed by atoms with E-state index in [0.717, 1.165) is 25.3 Å². The Kier molecular flexibility index (Phi) is 2.56. The molecule has 1 aliphatic rings. The van der Waals surface area contributed by atoms with Crippen LogP contribution in [0, 0.1) is 13.8 Å². The molecule has 0 saturated carbocycles. The lowest BCUT2D eigenvalue weighted by atomic mass is 10.0. The highest BCUT2D eigenvalue weighted by atomic mass is 15.2. The van der Waals surface area contributed by atoms with Gasteiger partial charge in [0.15, 0.2) is 0 Å². The van der Waals surface area contributed by atoms with Crippen molar-refractivity contribution in [1.82, 2.24) is 20.4 Å². The first-order valence-electron chi connectivity index (χ1n) is 5.12. The van der Waals surface area contributed by atoms with E-state index < -0.39 is 0 Å². The van der Waals surface area contributed by atoms with Crippen molar-refractivity contribution in [2.45, 2.75) is 19.9 Å². The number of hydrogen-bond donors (Lipinski definition) is 2. The fraction of sp³-hybridized carbons (Fsp3) is 0.700. The van der Waals surface area contributed by atoms with Crippen LogP contribution in [0.4, 0.5) is 0 Å². The lowest BCUT2D eigenvalue weighted by molar-refractivity contribution is 0.240. The average molecular weight is 194 g/mol. The van der Waals surface area contributed by atoms with Gasteiger partial charge in [-0.1, -0.05) is 0 Å². The van der Waals surface area contributed by atoms with E-state index in [1.165, 1.54) is 11.3 Å². The van der Waals surface area contributed by atoms with E-state index in [1.54, 1.807) is 0 Å². The Hall–Kier alpha value is -0.870. The monoisotopic (exact) mass is 194 g/mol. The van der Waals surface area contributed by atoms with Crippen LogP contribution in [0.15, 0.2) is 0 Å². The maximum atomic E-state index is 4.23. The van der Waals surface area contributed by atoms with Gasteiger partial charge in [0.05, 0.1) is 5.69 Å². The molecule has 14 heavy (non-hydrogen) atoms. The average Bonchev–Trinajstić information content (AvgIpc) is 2.46. The molecule has 4 heteroatoms. The Labute approximate surface area is 84.7 Å². The predicted octanol–water partition coefficient (Wildman–Crippen LogP) is 0.603. The largest absolute Gasteiger partial charge is 0.307 e. The van der Waals surface area contributed by atoms with Crippen molar-refractivity contribution in [1.29, 1.82) is 0 Å². The Morgan fingerprint density at radius 3 is 2.79 bits per heavy atom. The number of hydrogen-bond acceptors (Lipinski definition) is 3. The van der Waals surface area contributed by atoms with E-state index in [0.29, 0.717) is 6.04 Å². The molecule has 1 atom stereocenters. The molecular formula is C10H18N4. The van der Waals surface area contributed by atoms with Gasteiger partial charge >= 0.3 is 0 Å². The van der Waals surface area contributed by atoms with Gasteiger partial charge < -0.3 is 10.2 Å². The summed E-state index contributed by atoms with van der Waals surface area (Å²) in [6.07, 6.45) is 0. The minimum absolute atomic E-state index is 0.437. The summed E-state index contributed by atoms with van der Waals surface area (Å²) in [5, 5.41) is 10.8. The number of rotatable bonds is 1. The third-order valence-electron chi connectivity index (χ3n) is 2.91. The van der Waals surface area contributed by atoms with E-state index in [9.17, 15) is 0 Å². The van der Waals surface area contributed by atoms with E-state index in [2.05, 4.69) is 41.3 Å². The first kappa shape index (κ1) is 9.68. The van der Waals surface area contributed by atoms with Crippen LogP contribution in [0.3, 0.4) is 0 Å². The zero-order valence-electron chi connectivity index (χ0n) is 9.09. The van der Waals surface area contributed by atoms with Gasteiger partial charge in [0.25, 0.3) is 0 Å². The maximum absolute atomic E-state index is 4.23. The van der Waals surface area contributed by atoms with Crippen molar-refractivity contribution in [3.8, 4) is 0 Å². The quantitative estimate of drug-likeness (QED) is 0.688. The molecule has 0 spiro atoms. The molecule has 0 amide bonds. The van der Waals surface area contributed by atoms with E-state index in [1.807, 2.05) is 0 Å². The smallest absolute Gasteiger partial charge is 0.0642 e. The van der Waals surface area contributed by atoms with Crippen LogP contribution in [0.25, 0.3) is 0 Å². The molecule has 2 N–H and O–H groups in total. The van der Waals surface area contributed by atoms with E-state index in [4.69, 9.17) is 0 Å². The second-order valence-corrected chi connectivity index (χ2v) is 4.12. The number of nitrogens with zero attached hydrogens (tertiary/aromatic N) is 2. The summed E-state index contributed by atoms with van der Waals surface area (Å²) in [5.41, 5.74) is 3.65. The number of aryl methyl sites for hydroxylation is 2. The Morgan fingerprint density at radius 2 is 2.21 bits per heavy atom. The topological polar surface area (TPSA) is 44.0 Å². The number of likely N-dealkylation sites (N-methyl/N-ethyl adjacent to an activating group) is 1. The van der Waals surface area contributed by atoms with Crippen LogP contribution in [0.1, 0.15) is 23.0 Å².